The van der Waals surface area contributed by atoms with E-state index in [2.05, 4.69) is 0 Å². The number of benzene rings is 1. The Morgan fingerprint density at radius 2 is 1.74 bits per heavy atom. The Hall–Kier alpha value is -0.774. The maximum absolute atomic E-state index is 11.8. The van der Waals surface area contributed by atoms with Gasteiger partial charge in [0.2, 0.25) is 0 Å². The molecule has 1 rings (SSSR count). The summed E-state index contributed by atoms with van der Waals surface area (Å²) < 4.78 is 9.53. The zero-order valence-corrected chi connectivity index (χ0v) is 16.9. The van der Waals surface area contributed by atoms with Crippen LogP contribution in [0.15, 0.2) is 23.8 Å². The molecule has 0 amide bonds. The Morgan fingerprint density at radius 1 is 1.22 bits per heavy atom. The predicted octanol–water partition coefficient (Wildman–Crippen LogP) is -0.238. The Morgan fingerprint density at radius 3 is 2.17 bits per heavy atom. The third-order valence-corrected chi connectivity index (χ3v) is 2.71. The second-order valence-corrected chi connectivity index (χ2v) is 4.40. The van der Waals surface area contributed by atoms with Gasteiger partial charge in [0, 0.05) is 11.1 Å². The van der Waals surface area contributed by atoms with Gasteiger partial charge in [-0.2, -0.15) is 0 Å². The first-order chi connectivity index (χ1) is 10.4. The molecule has 0 atom stereocenters. The number of ether oxygens (including phenoxy) is 2. The molecule has 0 unspecified atom stereocenters. The first kappa shape index (κ1) is 22.2. The minimum absolute atomic E-state index is 0. The van der Waals surface area contributed by atoms with Crippen molar-refractivity contribution in [3.63, 3.8) is 0 Å². The van der Waals surface area contributed by atoms with Crippen molar-refractivity contribution in [2.24, 2.45) is 0 Å². The van der Waals surface area contributed by atoms with Crippen LogP contribution in [0, 0.1) is 10.1 Å². The third-order valence-electron chi connectivity index (χ3n) is 2.48. The van der Waals surface area contributed by atoms with Crippen LogP contribution >= 0.6 is 11.6 Å². The number of nitro groups is 1. The molecule has 0 bridgehead atoms. The average molecular weight is 367 g/mol. The molecule has 23 heavy (non-hydrogen) atoms. The molecule has 118 valence electrons. The second-order valence-electron chi connectivity index (χ2n) is 3.96. The largest absolute Gasteiger partial charge is 1.00 e. The zero-order chi connectivity index (χ0) is 16.7. The van der Waals surface area contributed by atoms with Crippen LogP contribution in [-0.4, -0.2) is 30.1 Å². The average Bonchev–Trinajstić information content (AvgIpc) is 2.46. The van der Waals surface area contributed by atoms with Crippen LogP contribution in [0.1, 0.15) is 19.4 Å². The number of carbonyl (C=O) groups excluding carboxylic acids is 2. The molecule has 0 spiro atoms. The van der Waals surface area contributed by atoms with E-state index in [0.29, 0.717) is 0 Å². The third kappa shape index (κ3) is 6.70. The summed E-state index contributed by atoms with van der Waals surface area (Å²) in [6.45, 7) is 3.26. The first-order valence-electron chi connectivity index (χ1n) is 6.40. The summed E-state index contributed by atoms with van der Waals surface area (Å²) in [6, 6.07) is 3.87. The van der Waals surface area contributed by atoms with Gasteiger partial charge in [-0.3, -0.25) is 10.1 Å². The first-order valence-corrected chi connectivity index (χ1v) is 6.78. The van der Waals surface area contributed by atoms with Crippen LogP contribution < -0.4 is 51.4 Å². The smallest absolute Gasteiger partial charge is 0.462 e. The molecule has 0 aromatic heterocycles. The molecule has 0 N–H and O–H groups in total. The Labute approximate surface area is 180 Å². The quantitative estimate of drug-likeness (QED) is 0.131. The van der Waals surface area contributed by atoms with Crippen molar-refractivity contribution in [1.29, 1.82) is 0 Å². The molecular weight excluding hydrogens is 353 g/mol. The Balaban J connectivity index is 0.00000484. The molecule has 7 nitrogen and oxygen atoms in total. The molecule has 0 aliphatic heterocycles. The van der Waals surface area contributed by atoms with Gasteiger partial charge in [0.25, 0.3) is 5.69 Å². The summed E-state index contributed by atoms with van der Waals surface area (Å²) in [7, 11) is 0. The molecule has 9 heteroatoms. The molecule has 1 aromatic carbocycles. The second kappa shape index (κ2) is 10.9. The Bertz CT molecular complexity index is 612. The molecule has 0 fully saturated rings. The van der Waals surface area contributed by atoms with Gasteiger partial charge < -0.3 is 9.47 Å². The summed E-state index contributed by atoms with van der Waals surface area (Å²) in [5.41, 5.74) is -0.710. The van der Waals surface area contributed by atoms with E-state index in [4.69, 9.17) is 21.1 Å². The molecule has 1 aromatic rings. The minimum atomic E-state index is -0.912. The van der Waals surface area contributed by atoms with Crippen molar-refractivity contribution >= 4 is 35.3 Å². The fraction of sp³-hybridized carbons (Fsp3) is 0.286. The Kier molecular flexibility index (Phi) is 10.5. The van der Waals surface area contributed by atoms with Crippen LogP contribution in [0.5, 0.6) is 0 Å². The van der Waals surface area contributed by atoms with Gasteiger partial charge in [-0.1, -0.05) is 11.6 Å². The number of halogens is 1. The van der Waals surface area contributed by atoms with E-state index < -0.39 is 22.4 Å². The zero-order valence-electron chi connectivity index (χ0n) is 13.0. The van der Waals surface area contributed by atoms with Gasteiger partial charge in [0.1, 0.15) is 5.57 Å². The van der Waals surface area contributed by atoms with Crippen molar-refractivity contribution in [2.45, 2.75) is 13.8 Å². The topological polar surface area (TPSA) is 95.7 Å². The summed E-state index contributed by atoms with van der Waals surface area (Å²) in [5.74, 6) is -1.82. The van der Waals surface area contributed by atoms with E-state index in [1.165, 1.54) is 12.1 Å². The molecule has 0 aliphatic rings. The normalized spacial score (nSPS) is 9.35. The summed E-state index contributed by atoms with van der Waals surface area (Å²) in [4.78, 5) is 34.0. The fourth-order valence-electron chi connectivity index (χ4n) is 1.57. The summed E-state index contributed by atoms with van der Waals surface area (Å²) in [6.07, 6.45) is 1.06. The molecule has 0 saturated heterocycles. The number of nitrogens with zero attached hydrogens (tertiary/aromatic N) is 1. The number of hydrogen-bond donors (Lipinski definition) is 0. The van der Waals surface area contributed by atoms with Crippen molar-refractivity contribution < 1.29 is 75.4 Å². The van der Waals surface area contributed by atoms with Gasteiger partial charge in [0.05, 0.1) is 23.7 Å². The standard InChI is InChI=1S/C14H14ClNO6.K/c1-3-21-13(17)11(14(18)22-4-2)7-9-5-6-10(15)8-12(9)16(19)20;/h5-8H,3-4H2,1-2H3;/q;+1. The van der Waals surface area contributed by atoms with Crippen LogP contribution in [-0.2, 0) is 19.1 Å². The van der Waals surface area contributed by atoms with Gasteiger partial charge in [-0.25, -0.2) is 9.59 Å². The minimum Gasteiger partial charge on any atom is -0.462 e. The predicted molar refractivity (Wildman–Crippen MR) is 79.3 cm³/mol. The van der Waals surface area contributed by atoms with E-state index in [-0.39, 0.29) is 80.9 Å². The van der Waals surface area contributed by atoms with E-state index in [1.54, 1.807) is 13.8 Å². The van der Waals surface area contributed by atoms with Crippen LogP contribution in [0.2, 0.25) is 5.02 Å². The molecule has 0 saturated carbocycles. The fourth-order valence-corrected chi connectivity index (χ4v) is 1.74. The number of nitro benzene ring substituents is 1. The van der Waals surface area contributed by atoms with Crippen molar-refractivity contribution in [3.05, 3.63) is 44.5 Å². The molecule has 0 radical (unpaired) electrons. The van der Waals surface area contributed by atoms with Crippen LogP contribution in [0.25, 0.3) is 6.08 Å². The number of hydrogen-bond acceptors (Lipinski definition) is 6. The number of esters is 2. The van der Waals surface area contributed by atoms with E-state index >= 15 is 0 Å². The van der Waals surface area contributed by atoms with Gasteiger partial charge in [-0.05, 0) is 32.1 Å². The number of carbonyl (C=O) groups is 2. The van der Waals surface area contributed by atoms with Crippen molar-refractivity contribution in [2.75, 3.05) is 13.2 Å². The molecular formula is C14H14ClKNO6+. The maximum atomic E-state index is 11.8. The van der Waals surface area contributed by atoms with E-state index in [1.807, 2.05) is 0 Å². The SMILES string of the molecule is CCOC(=O)C(=Cc1ccc(Cl)cc1[N+](=O)[O-])C(=O)OCC.[K+]. The summed E-state index contributed by atoms with van der Waals surface area (Å²) in [5, 5.41) is 11.2. The van der Waals surface area contributed by atoms with E-state index in [9.17, 15) is 19.7 Å². The summed E-state index contributed by atoms with van der Waals surface area (Å²) >= 11 is 5.71. The van der Waals surface area contributed by atoms with Gasteiger partial charge in [0.15, 0.2) is 0 Å². The van der Waals surface area contributed by atoms with Crippen LogP contribution in [0.3, 0.4) is 0 Å². The van der Waals surface area contributed by atoms with E-state index in [0.717, 1.165) is 12.1 Å². The van der Waals surface area contributed by atoms with Crippen molar-refractivity contribution in [3.8, 4) is 0 Å². The van der Waals surface area contributed by atoms with Crippen molar-refractivity contribution in [1.82, 2.24) is 0 Å². The number of rotatable bonds is 6. The molecule has 0 aliphatic carbocycles. The maximum Gasteiger partial charge on any atom is 1.00 e. The molecule has 0 heterocycles. The monoisotopic (exact) mass is 366 g/mol. The van der Waals surface area contributed by atoms with Gasteiger partial charge in [-0.15, -0.1) is 0 Å². The van der Waals surface area contributed by atoms with Gasteiger partial charge >= 0.3 is 63.3 Å². The van der Waals surface area contributed by atoms with Crippen LogP contribution in [0.4, 0.5) is 5.69 Å².